The van der Waals surface area contributed by atoms with Gasteiger partial charge in [0.2, 0.25) is 0 Å². The highest BCUT2D eigenvalue weighted by molar-refractivity contribution is 6.35. The lowest BCUT2D eigenvalue weighted by atomic mass is 10.0. The number of nitrogens with one attached hydrogen (secondary N) is 2. The zero-order valence-corrected chi connectivity index (χ0v) is 30.0. The van der Waals surface area contributed by atoms with Gasteiger partial charge < -0.3 is 26.0 Å². The molecule has 1 aliphatic rings. The number of aliphatic hydroxyl groups is 3. The van der Waals surface area contributed by atoms with Crippen LogP contribution in [0, 0.1) is 35.5 Å². The molecule has 4 aromatic rings. The molecule has 0 saturated heterocycles. The monoisotopic (exact) mass is 707 g/mol. The Morgan fingerprint density at radius 1 is 0.547 bits per heavy atom. The molecule has 0 radical (unpaired) electrons. The van der Waals surface area contributed by atoms with Gasteiger partial charge in [-0.05, 0) is 114 Å². The number of hydrogen-bond acceptors (Lipinski definition) is 7. The largest absolute Gasteiger partial charge is 0.378 e. The number of benzene rings is 4. The second kappa shape index (κ2) is 14.6. The van der Waals surface area contributed by atoms with Gasteiger partial charge >= 0.3 is 0 Å². The van der Waals surface area contributed by atoms with Crippen molar-refractivity contribution >= 4 is 40.7 Å². The summed E-state index contributed by atoms with van der Waals surface area (Å²) in [5.74, 6) is 14.0. The number of nitrogens with zero attached hydrogens (tertiary/aromatic N) is 1. The van der Waals surface area contributed by atoms with Crippen molar-refractivity contribution in [3.8, 4) is 35.5 Å². The second-order valence-electron chi connectivity index (χ2n) is 14.0. The second-order valence-corrected chi connectivity index (χ2v) is 14.0. The summed E-state index contributed by atoms with van der Waals surface area (Å²) >= 11 is 0. The van der Waals surface area contributed by atoms with E-state index in [1.165, 1.54) is 44.2 Å². The van der Waals surface area contributed by atoms with Crippen molar-refractivity contribution in [2.24, 2.45) is 0 Å². The van der Waals surface area contributed by atoms with Gasteiger partial charge in [0, 0.05) is 39.2 Å². The Morgan fingerprint density at radius 3 is 1.40 bits per heavy atom. The lowest BCUT2D eigenvalue weighted by molar-refractivity contribution is 0.0921. The molecule has 266 valence electrons. The number of carbonyl (C=O) groups excluding carboxylic acids is 4. The van der Waals surface area contributed by atoms with Gasteiger partial charge in [0.05, 0.1) is 16.8 Å². The Balaban J connectivity index is 1.53. The fraction of sp³-hybridized carbons (Fsp3) is 0.209. The Labute approximate surface area is 307 Å². The Hall–Kier alpha value is -6.48. The molecule has 0 atom stereocenters. The summed E-state index contributed by atoms with van der Waals surface area (Å²) in [6.45, 7) is 9.24. The van der Waals surface area contributed by atoms with Crippen LogP contribution in [0.2, 0.25) is 0 Å². The highest BCUT2D eigenvalue weighted by Gasteiger charge is 2.37. The zero-order chi connectivity index (χ0) is 38.7. The molecular formula is C43H37N3O7. The summed E-state index contributed by atoms with van der Waals surface area (Å²) in [5.41, 5.74) is -1.40. The first-order valence-electron chi connectivity index (χ1n) is 16.5. The van der Waals surface area contributed by atoms with E-state index in [0.717, 1.165) is 4.90 Å². The van der Waals surface area contributed by atoms with Crippen molar-refractivity contribution in [2.45, 2.75) is 58.3 Å². The number of fused-ring (bicyclic) bond motifs is 1. The fourth-order valence-corrected chi connectivity index (χ4v) is 4.99. The van der Waals surface area contributed by atoms with E-state index < -0.39 is 40.4 Å². The third-order valence-electron chi connectivity index (χ3n) is 7.37. The molecule has 0 aliphatic carbocycles. The average molecular weight is 708 g/mol. The van der Waals surface area contributed by atoms with E-state index in [1.54, 1.807) is 82.3 Å². The van der Waals surface area contributed by atoms with E-state index in [9.17, 15) is 34.5 Å². The highest BCUT2D eigenvalue weighted by Crippen LogP contribution is 2.31. The zero-order valence-electron chi connectivity index (χ0n) is 30.0. The van der Waals surface area contributed by atoms with Gasteiger partial charge in [-0.3, -0.25) is 19.2 Å². The lowest BCUT2D eigenvalue weighted by Gasteiger charge is -2.17. The topological polar surface area (TPSA) is 156 Å². The Bertz CT molecular complexity index is 2250. The van der Waals surface area contributed by atoms with E-state index in [1.807, 2.05) is 0 Å². The molecule has 0 aromatic heterocycles. The molecule has 10 heteroatoms. The Morgan fingerprint density at radius 2 is 0.962 bits per heavy atom. The van der Waals surface area contributed by atoms with Gasteiger partial charge in [-0.2, -0.15) is 0 Å². The SMILES string of the molecule is CC(C)(O)C#Cc1cccc(NC(=O)c2cc(C(=O)Nc3cccc(C#CC(C)(C)O)c3)cc(N3C(=O)c4ccc(C#CC(C)(C)O)cc4C3=O)c2)c1. The molecule has 1 heterocycles. The molecule has 4 amide bonds. The van der Waals surface area contributed by atoms with Crippen LogP contribution in [-0.2, 0) is 0 Å². The van der Waals surface area contributed by atoms with E-state index in [2.05, 4.69) is 46.2 Å². The molecule has 0 saturated carbocycles. The number of anilines is 3. The maximum Gasteiger partial charge on any atom is 0.266 e. The molecule has 0 spiro atoms. The first kappa shape index (κ1) is 37.8. The summed E-state index contributed by atoms with van der Waals surface area (Å²) < 4.78 is 0. The maximum absolute atomic E-state index is 13.8. The van der Waals surface area contributed by atoms with Crippen molar-refractivity contribution < 1.29 is 34.5 Å². The Kier molecular flexibility index (Phi) is 10.4. The molecule has 5 N–H and O–H groups in total. The van der Waals surface area contributed by atoms with Crippen molar-refractivity contribution in [2.75, 3.05) is 15.5 Å². The molecule has 4 aromatic carbocycles. The van der Waals surface area contributed by atoms with Crippen molar-refractivity contribution in [1.29, 1.82) is 0 Å². The third-order valence-corrected chi connectivity index (χ3v) is 7.37. The van der Waals surface area contributed by atoms with Crippen LogP contribution >= 0.6 is 0 Å². The third kappa shape index (κ3) is 10.1. The summed E-state index contributed by atoms with van der Waals surface area (Å²) in [6, 6.07) is 21.8. The minimum Gasteiger partial charge on any atom is -0.378 e. The van der Waals surface area contributed by atoms with Crippen LogP contribution in [0.15, 0.2) is 84.9 Å². The molecule has 0 fully saturated rings. The molecule has 0 bridgehead atoms. The van der Waals surface area contributed by atoms with Crippen LogP contribution in [0.25, 0.3) is 0 Å². The summed E-state index contributed by atoms with van der Waals surface area (Å²) in [7, 11) is 0. The summed E-state index contributed by atoms with van der Waals surface area (Å²) in [5, 5.41) is 35.6. The number of carbonyl (C=O) groups is 4. The quantitative estimate of drug-likeness (QED) is 0.138. The molecule has 1 aliphatic heterocycles. The predicted molar refractivity (Wildman–Crippen MR) is 202 cm³/mol. The van der Waals surface area contributed by atoms with Crippen LogP contribution in [0.5, 0.6) is 0 Å². The molecular weight excluding hydrogens is 670 g/mol. The highest BCUT2D eigenvalue weighted by atomic mass is 16.3. The molecule has 10 nitrogen and oxygen atoms in total. The lowest BCUT2D eigenvalue weighted by Crippen LogP contribution is -2.30. The molecule has 53 heavy (non-hydrogen) atoms. The van der Waals surface area contributed by atoms with Crippen LogP contribution in [0.4, 0.5) is 17.1 Å². The minimum atomic E-state index is -1.28. The first-order chi connectivity index (χ1) is 24.7. The number of amides is 4. The summed E-state index contributed by atoms with van der Waals surface area (Å²) in [4.78, 5) is 55.9. The van der Waals surface area contributed by atoms with Gasteiger partial charge in [0.1, 0.15) is 16.8 Å². The number of rotatable bonds is 5. The number of hydrogen-bond donors (Lipinski definition) is 5. The van der Waals surface area contributed by atoms with Crippen LogP contribution in [0.1, 0.15) is 99.7 Å². The smallest absolute Gasteiger partial charge is 0.266 e. The van der Waals surface area contributed by atoms with Gasteiger partial charge in [-0.15, -0.1) is 0 Å². The van der Waals surface area contributed by atoms with E-state index >= 15 is 0 Å². The van der Waals surface area contributed by atoms with E-state index in [4.69, 9.17) is 0 Å². The van der Waals surface area contributed by atoms with E-state index in [-0.39, 0.29) is 27.9 Å². The normalized spacial score (nSPS) is 12.4. The van der Waals surface area contributed by atoms with Gasteiger partial charge in [-0.1, -0.05) is 47.7 Å². The summed E-state index contributed by atoms with van der Waals surface area (Å²) in [6.07, 6.45) is 0. The van der Waals surface area contributed by atoms with E-state index in [0.29, 0.717) is 28.1 Å². The molecule has 0 unspecified atom stereocenters. The van der Waals surface area contributed by atoms with Crippen molar-refractivity contribution in [3.63, 3.8) is 0 Å². The van der Waals surface area contributed by atoms with Gasteiger partial charge in [0.15, 0.2) is 0 Å². The predicted octanol–water partition coefficient (Wildman–Crippen LogP) is 5.36. The first-order valence-corrected chi connectivity index (χ1v) is 16.5. The van der Waals surface area contributed by atoms with Gasteiger partial charge in [0.25, 0.3) is 23.6 Å². The maximum atomic E-state index is 13.8. The van der Waals surface area contributed by atoms with Crippen LogP contribution < -0.4 is 15.5 Å². The standard InChI is InChI=1S/C43H37N3O7/c1-41(2,51)18-15-27-9-7-11-32(21-27)44-37(47)30-24-31(38(48)45-33-12-8-10-28(22-33)16-19-42(3,4)52)26-34(25-30)46-39(49)35-14-13-29(17-20-43(5,6)53)23-36(35)40(46)50/h7-14,21-26,51-53H,1-6H3,(H,44,47)(H,45,48). The van der Waals surface area contributed by atoms with Crippen molar-refractivity contribution in [1.82, 2.24) is 0 Å². The van der Waals surface area contributed by atoms with Crippen LogP contribution in [-0.4, -0.2) is 55.8 Å². The average Bonchev–Trinajstić information content (AvgIpc) is 3.33. The minimum absolute atomic E-state index is 0.0206. The van der Waals surface area contributed by atoms with Crippen LogP contribution in [0.3, 0.4) is 0 Å². The number of imide groups is 1. The van der Waals surface area contributed by atoms with Crippen molar-refractivity contribution in [3.05, 3.63) is 124 Å². The fourth-order valence-electron chi connectivity index (χ4n) is 4.99. The molecule has 5 rings (SSSR count). The van der Waals surface area contributed by atoms with Gasteiger partial charge in [-0.25, -0.2) is 4.90 Å².